The molecule has 0 aromatic carbocycles. The maximum Gasteiger partial charge on any atom is -0.0282 e. The van der Waals surface area contributed by atoms with Crippen LogP contribution in [0, 0.1) is 0 Å². The second-order valence-corrected chi connectivity index (χ2v) is 3.88. The molecule has 0 rings (SSSR count). The van der Waals surface area contributed by atoms with Gasteiger partial charge in [0.1, 0.15) is 0 Å². The molecule has 0 saturated heterocycles. The second kappa shape index (κ2) is 8.80. The summed E-state index contributed by atoms with van der Waals surface area (Å²) in [5.74, 6) is 0. The summed E-state index contributed by atoms with van der Waals surface area (Å²) in [6, 6.07) is 0. The Labute approximate surface area is 89.4 Å². The molecule has 14 heavy (non-hydrogen) atoms. The predicted molar refractivity (Wildman–Crippen MR) is 66.5 cm³/mol. The molecule has 80 valence electrons. The van der Waals surface area contributed by atoms with E-state index >= 15 is 0 Å². The van der Waals surface area contributed by atoms with E-state index in [0.717, 1.165) is 0 Å². The van der Waals surface area contributed by atoms with Crippen LogP contribution in [0.4, 0.5) is 0 Å². The van der Waals surface area contributed by atoms with Crippen molar-refractivity contribution in [1.82, 2.24) is 0 Å². The van der Waals surface area contributed by atoms with Crippen molar-refractivity contribution in [3.63, 3.8) is 0 Å². The van der Waals surface area contributed by atoms with Crippen LogP contribution in [0.25, 0.3) is 0 Å². The highest BCUT2D eigenvalue weighted by molar-refractivity contribution is 5.16. The number of allylic oxidation sites excluding steroid dienone is 5. The molecular weight excluding hydrogens is 168 g/mol. The molecule has 0 nitrogen and oxygen atoms in total. The van der Waals surface area contributed by atoms with E-state index in [1.165, 1.54) is 43.3 Å². The van der Waals surface area contributed by atoms with Crippen molar-refractivity contribution in [2.75, 3.05) is 0 Å². The summed E-state index contributed by atoms with van der Waals surface area (Å²) in [7, 11) is 0. The molecule has 0 heteroatoms. The zero-order valence-electron chi connectivity index (χ0n) is 9.97. The zero-order valence-corrected chi connectivity index (χ0v) is 9.97. The highest BCUT2D eigenvalue weighted by atomic mass is 14.0. The molecule has 0 unspecified atom stereocenters. The van der Waals surface area contributed by atoms with Crippen molar-refractivity contribution >= 4 is 0 Å². The van der Waals surface area contributed by atoms with E-state index in [2.05, 4.69) is 45.6 Å². The molecule has 0 aliphatic rings. The molecular formula is C14H24. The highest BCUT2D eigenvalue weighted by Crippen LogP contribution is 2.12. The molecule has 0 aliphatic carbocycles. The van der Waals surface area contributed by atoms with E-state index in [4.69, 9.17) is 0 Å². The van der Waals surface area contributed by atoms with Gasteiger partial charge < -0.3 is 0 Å². The van der Waals surface area contributed by atoms with Crippen molar-refractivity contribution < 1.29 is 0 Å². The van der Waals surface area contributed by atoms with Crippen LogP contribution in [0.3, 0.4) is 0 Å². The normalized spacial score (nSPS) is 12.4. The van der Waals surface area contributed by atoms with Crippen molar-refractivity contribution in [2.45, 2.75) is 52.9 Å². The third kappa shape index (κ3) is 7.85. The Hall–Kier alpha value is -0.780. The lowest BCUT2D eigenvalue weighted by molar-refractivity contribution is 0.677. The fraction of sp³-hybridized carbons (Fsp3) is 0.571. The van der Waals surface area contributed by atoms with Gasteiger partial charge in [-0.1, -0.05) is 35.8 Å². The molecule has 0 aromatic heterocycles. The van der Waals surface area contributed by atoms with E-state index in [1.807, 2.05) is 0 Å². The number of hydrogen-bond acceptors (Lipinski definition) is 0. The Morgan fingerprint density at radius 3 is 2.21 bits per heavy atom. The highest BCUT2D eigenvalue weighted by Gasteiger charge is 1.93. The SMILES string of the molecule is C=C(C)CCCCCC(/C=C\C)=C/C. The first-order chi connectivity index (χ1) is 6.70. The van der Waals surface area contributed by atoms with Gasteiger partial charge in [-0.05, 0) is 46.5 Å². The van der Waals surface area contributed by atoms with Gasteiger partial charge in [-0.3, -0.25) is 0 Å². The van der Waals surface area contributed by atoms with Crippen LogP contribution < -0.4 is 0 Å². The van der Waals surface area contributed by atoms with Gasteiger partial charge in [-0.25, -0.2) is 0 Å². The smallest absolute Gasteiger partial charge is 0.0282 e. The lowest BCUT2D eigenvalue weighted by Crippen LogP contribution is -1.82. The van der Waals surface area contributed by atoms with Gasteiger partial charge >= 0.3 is 0 Å². The molecule has 0 atom stereocenters. The van der Waals surface area contributed by atoms with E-state index < -0.39 is 0 Å². The van der Waals surface area contributed by atoms with Crippen molar-refractivity contribution in [2.24, 2.45) is 0 Å². The minimum atomic E-state index is 1.19. The molecule has 0 aromatic rings. The van der Waals surface area contributed by atoms with Crippen LogP contribution in [-0.2, 0) is 0 Å². The predicted octanol–water partition coefficient (Wildman–Crippen LogP) is 5.04. The minimum Gasteiger partial charge on any atom is -0.100 e. The molecule has 0 bridgehead atoms. The molecule has 0 fully saturated rings. The van der Waals surface area contributed by atoms with Crippen LogP contribution >= 0.6 is 0 Å². The third-order valence-electron chi connectivity index (χ3n) is 2.32. The van der Waals surface area contributed by atoms with Gasteiger partial charge in [0, 0.05) is 0 Å². The first-order valence-electron chi connectivity index (χ1n) is 5.63. The molecule has 0 amide bonds. The van der Waals surface area contributed by atoms with Crippen molar-refractivity contribution in [3.05, 3.63) is 36.0 Å². The summed E-state index contributed by atoms with van der Waals surface area (Å²) in [4.78, 5) is 0. The maximum absolute atomic E-state index is 3.91. The van der Waals surface area contributed by atoms with Gasteiger partial charge in [0.05, 0.1) is 0 Å². The summed E-state index contributed by atoms with van der Waals surface area (Å²) in [6.45, 7) is 10.2. The molecule has 0 spiro atoms. The van der Waals surface area contributed by atoms with Gasteiger partial charge in [-0.2, -0.15) is 0 Å². The van der Waals surface area contributed by atoms with Gasteiger partial charge in [-0.15, -0.1) is 6.58 Å². The van der Waals surface area contributed by atoms with E-state index in [0.29, 0.717) is 0 Å². The van der Waals surface area contributed by atoms with E-state index in [9.17, 15) is 0 Å². The molecule has 0 aliphatic heterocycles. The summed E-state index contributed by atoms with van der Waals surface area (Å²) in [5, 5.41) is 0. The fourth-order valence-corrected chi connectivity index (χ4v) is 1.47. The summed E-state index contributed by atoms with van der Waals surface area (Å²) >= 11 is 0. The van der Waals surface area contributed by atoms with Crippen LogP contribution in [-0.4, -0.2) is 0 Å². The van der Waals surface area contributed by atoms with Crippen molar-refractivity contribution in [1.29, 1.82) is 0 Å². The second-order valence-electron chi connectivity index (χ2n) is 3.88. The van der Waals surface area contributed by atoms with Crippen LogP contribution in [0.15, 0.2) is 36.0 Å². The number of hydrogen-bond donors (Lipinski definition) is 0. The monoisotopic (exact) mass is 192 g/mol. The van der Waals surface area contributed by atoms with Gasteiger partial charge in [0.2, 0.25) is 0 Å². The number of rotatable bonds is 7. The Morgan fingerprint density at radius 1 is 1.07 bits per heavy atom. The number of unbranched alkanes of at least 4 members (excludes halogenated alkanes) is 2. The standard InChI is InChI=1S/C14H24/c1-5-10-14(6-2)12-9-7-8-11-13(3)4/h5-6,10H,3,7-9,11-12H2,1-2,4H3/b10-5-,14-6+. The Balaban J connectivity index is 3.48. The van der Waals surface area contributed by atoms with Crippen LogP contribution in [0.5, 0.6) is 0 Å². The third-order valence-corrected chi connectivity index (χ3v) is 2.32. The first kappa shape index (κ1) is 13.2. The first-order valence-corrected chi connectivity index (χ1v) is 5.63. The van der Waals surface area contributed by atoms with E-state index in [-0.39, 0.29) is 0 Å². The van der Waals surface area contributed by atoms with Crippen LogP contribution in [0.2, 0.25) is 0 Å². The molecule has 0 radical (unpaired) electrons. The lowest BCUT2D eigenvalue weighted by Gasteiger charge is -2.02. The summed E-state index contributed by atoms with van der Waals surface area (Å²) in [6.07, 6.45) is 12.9. The Morgan fingerprint density at radius 2 is 1.71 bits per heavy atom. The minimum absolute atomic E-state index is 1.19. The quantitative estimate of drug-likeness (QED) is 0.301. The van der Waals surface area contributed by atoms with Crippen molar-refractivity contribution in [3.8, 4) is 0 Å². The largest absolute Gasteiger partial charge is 0.100 e. The van der Waals surface area contributed by atoms with E-state index in [1.54, 1.807) is 0 Å². The molecule has 0 saturated carbocycles. The van der Waals surface area contributed by atoms with Crippen LogP contribution in [0.1, 0.15) is 52.9 Å². The zero-order chi connectivity index (χ0) is 10.8. The average Bonchev–Trinajstić information content (AvgIpc) is 2.15. The topological polar surface area (TPSA) is 0 Å². The fourth-order valence-electron chi connectivity index (χ4n) is 1.47. The van der Waals surface area contributed by atoms with Gasteiger partial charge in [0.15, 0.2) is 0 Å². The average molecular weight is 192 g/mol. The molecule has 0 N–H and O–H groups in total. The van der Waals surface area contributed by atoms with Gasteiger partial charge in [0.25, 0.3) is 0 Å². The Kier molecular flexibility index (Phi) is 8.31. The Bertz CT molecular complexity index is 206. The molecule has 0 heterocycles. The summed E-state index contributed by atoms with van der Waals surface area (Å²) in [5.41, 5.74) is 2.77. The lowest BCUT2D eigenvalue weighted by atomic mass is 10.0. The maximum atomic E-state index is 3.91. The summed E-state index contributed by atoms with van der Waals surface area (Å²) < 4.78 is 0.